The van der Waals surface area contributed by atoms with Crippen LogP contribution >= 0.6 is 0 Å². The van der Waals surface area contributed by atoms with Crippen molar-refractivity contribution < 1.29 is 4.21 Å². The van der Waals surface area contributed by atoms with Gasteiger partial charge in [-0.2, -0.15) is 0 Å². The maximum Gasteiger partial charge on any atom is 0.127 e. The van der Waals surface area contributed by atoms with E-state index in [1.54, 1.807) is 6.20 Å². The zero-order chi connectivity index (χ0) is 9.97. The van der Waals surface area contributed by atoms with E-state index in [1.807, 2.05) is 19.1 Å². The normalized spacial score (nSPS) is 23.6. The quantitative estimate of drug-likeness (QED) is 0.787. The highest BCUT2D eigenvalue weighted by Crippen LogP contribution is 2.14. The Morgan fingerprint density at radius 3 is 3.00 bits per heavy atom. The summed E-state index contributed by atoms with van der Waals surface area (Å²) in [6.07, 6.45) is 2.76. The van der Waals surface area contributed by atoms with Crippen LogP contribution in [-0.2, 0) is 10.8 Å². The van der Waals surface area contributed by atoms with Gasteiger partial charge in [-0.1, -0.05) is 6.07 Å². The Bertz CT molecular complexity index is 330. The minimum Gasteiger partial charge on any atom is -0.315 e. The van der Waals surface area contributed by atoms with Gasteiger partial charge in [0, 0.05) is 12.7 Å². The molecule has 1 aromatic heterocycles. The average molecular weight is 210 g/mol. The molecule has 1 saturated heterocycles. The fraction of sp³-hybridized carbons (Fsp3) is 0.500. The van der Waals surface area contributed by atoms with E-state index in [-0.39, 0.29) is 5.25 Å². The lowest BCUT2D eigenvalue weighted by Crippen LogP contribution is -2.19. The molecule has 0 saturated carbocycles. The monoisotopic (exact) mass is 210 g/mol. The Balaban J connectivity index is 2.14. The lowest BCUT2D eigenvalue weighted by atomic mass is 10.3. The van der Waals surface area contributed by atoms with Crippen LogP contribution in [0.2, 0.25) is 0 Å². The van der Waals surface area contributed by atoms with Crippen LogP contribution in [0.3, 0.4) is 0 Å². The van der Waals surface area contributed by atoms with Gasteiger partial charge in [-0.3, -0.25) is 4.21 Å². The van der Waals surface area contributed by atoms with Gasteiger partial charge in [0.1, 0.15) is 5.03 Å². The van der Waals surface area contributed by atoms with Gasteiger partial charge in [0.25, 0.3) is 0 Å². The van der Waals surface area contributed by atoms with E-state index in [4.69, 9.17) is 0 Å². The molecule has 2 rings (SSSR count). The maximum absolute atomic E-state index is 12.0. The summed E-state index contributed by atoms with van der Waals surface area (Å²) in [5, 5.41) is 4.17. The van der Waals surface area contributed by atoms with Crippen molar-refractivity contribution in [2.24, 2.45) is 0 Å². The van der Waals surface area contributed by atoms with Gasteiger partial charge in [-0.25, -0.2) is 4.98 Å². The van der Waals surface area contributed by atoms with Gasteiger partial charge in [0.05, 0.1) is 16.0 Å². The van der Waals surface area contributed by atoms with E-state index in [0.29, 0.717) is 5.03 Å². The molecule has 2 atom stereocenters. The molecular weight excluding hydrogens is 196 g/mol. The molecule has 0 aliphatic carbocycles. The summed E-state index contributed by atoms with van der Waals surface area (Å²) in [5.74, 6) is 0. The van der Waals surface area contributed by atoms with Crippen molar-refractivity contribution in [2.75, 3.05) is 13.1 Å². The van der Waals surface area contributed by atoms with Gasteiger partial charge in [-0.15, -0.1) is 0 Å². The Labute approximate surface area is 86.4 Å². The van der Waals surface area contributed by atoms with E-state index in [1.165, 1.54) is 0 Å². The van der Waals surface area contributed by atoms with Gasteiger partial charge < -0.3 is 5.32 Å². The standard InChI is InChI=1S/C10H14N2OS/c1-8-2-3-10(12-6-8)14(13)9-4-5-11-7-9/h2-3,6,9,11H,4-5,7H2,1H3/t9-,14-/m1/s1. The SMILES string of the molecule is Cc1ccc([S@](=O)[C@@H]2CCNC2)nc1. The summed E-state index contributed by atoms with van der Waals surface area (Å²) >= 11 is 0. The third-order valence-corrected chi connectivity index (χ3v) is 4.07. The molecule has 0 bridgehead atoms. The molecular formula is C10H14N2OS. The topological polar surface area (TPSA) is 42.0 Å². The lowest BCUT2D eigenvalue weighted by Gasteiger charge is -2.07. The number of hydrogen-bond donors (Lipinski definition) is 1. The summed E-state index contributed by atoms with van der Waals surface area (Å²) in [5.41, 5.74) is 1.11. The summed E-state index contributed by atoms with van der Waals surface area (Å²) in [4.78, 5) is 4.19. The highest BCUT2D eigenvalue weighted by Gasteiger charge is 2.22. The average Bonchev–Trinajstić information content (AvgIpc) is 2.71. The highest BCUT2D eigenvalue weighted by atomic mass is 32.2. The van der Waals surface area contributed by atoms with Crippen LogP contribution in [0.25, 0.3) is 0 Å². The lowest BCUT2D eigenvalue weighted by molar-refractivity contribution is 0.669. The predicted molar refractivity (Wildman–Crippen MR) is 56.7 cm³/mol. The number of rotatable bonds is 2. The first-order chi connectivity index (χ1) is 6.77. The summed E-state index contributed by atoms with van der Waals surface area (Å²) in [7, 11) is -0.941. The second kappa shape index (κ2) is 4.19. The Morgan fingerprint density at radius 2 is 2.43 bits per heavy atom. The Hall–Kier alpha value is -0.740. The Morgan fingerprint density at radius 1 is 1.57 bits per heavy atom. The Kier molecular flexibility index (Phi) is 2.93. The van der Waals surface area contributed by atoms with Gasteiger partial charge in [0.2, 0.25) is 0 Å². The zero-order valence-electron chi connectivity index (χ0n) is 8.19. The fourth-order valence-electron chi connectivity index (χ4n) is 1.55. The third kappa shape index (κ3) is 2.01. The zero-order valence-corrected chi connectivity index (χ0v) is 9.01. The predicted octanol–water partition coefficient (Wildman–Crippen LogP) is 0.860. The van der Waals surface area contributed by atoms with Crippen LogP contribution in [0.5, 0.6) is 0 Å². The first-order valence-corrected chi connectivity index (χ1v) is 6.02. The van der Waals surface area contributed by atoms with Gasteiger partial charge >= 0.3 is 0 Å². The smallest absolute Gasteiger partial charge is 0.127 e. The molecule has 1 fully saturated rings. The minimum absolute atomic E-state index is 0.241. The first kappa shape index (κ1) is 9.80. The molecule has 0 spiro atoms. The number of aryl methyl sites for hydroxylation is 1. The minimum atomic E-state index is -0.941. The van der Waals surface area contributed by atoms with E-state index in [2.05, 4.69) is 10.3 Å². The molecule has 2 heterocycles. The highest BCUT2D eigenvalue weighted by molar-refractivity contribution is 7.85. The van der Waals surface area contributed by atoms with Crippen LogP contribution in [0.1, 0.15) is 12.0 Å². The van der Waals surface area contributed by atoms with Crippen molar-refractivity contribution in [3.8, 4) is 0 Å². The van der Waals surface area contributed by atoms with E-state index in [9.17, 15) is 4.21 Å². The van der Waals surface area contributed by atoms with E-state index < -0.39 is 10.8 Å². The molecule has 0 unspecified atom stereocenters. The summed E-state index contributed by atoms with van der Waals surface area (Å²) < 4.78 is 12.0. The van der Waals surface area contributed by atoms with Gasteiger partial charge in [-0.05, 0) is 31.5 Å². The van der Waals surface area contributed by atoms with Crippen LogP contribution in [-0.4, -0.2) is 27.5 Å². The molecule has 1 aromatic rings. The molecule has 0 amide bonds. The number of aromatic nitrogens is 1. The molecule has 1 aliphatic rings. The molecule has 14 heavy (non-hydrogen) atoms. The van der Waals surface area contributed by atoms with Crippen molar-refractivity contribution in [2.45, 2.75) is 23.6 Å². The third-order valence-electron chi connectivity index (χ3n) is 2.41. The van der Waals surface area contributed by atoms with Crippen LogP contribution in [0.15, 0.2) is 23.4 Å². The number of pyridine rings is 1. The number of nitrogens with one attached hydrogen (secondary N) is 1. The first-order valence-electron chi connectivity index (χ1n) is 4.81. The molecule has 3 nitrogen and oxygen atoms in total. The van der Waals surface area contributed by atoms with E-state index in [0.717, 1.165) is 25.1 Å². The summed E-state index contributed by atoms with van der Waals surface area (Å²) in [6, 6.07) is 3.83. The van der Waals surface area contributed by atoms with Crippen LogP contribution < -0.4 is 5.32 Å². The van der Waals surface area contributed by atoms with Crippen LogP contribution in [0.4, 0.5) is 0 Å². The van der Waals surface area contributed by atoms with Gasteiger partial charge in [0.15, 0.2) is 0 Å². The molecule has 4 heteroatoms. The fourth-order valence-corrected chi connectivity index (χ4v) is 2.86. The van der Waals surface area contributed by atoms with Crippen molar-refractivity contribution in [1.29, 1.82) is 0 Å². The van der Waals surface area contributed by atoms with Crippen molar-refractivity contribution in [3.63, 3.8) is 0 Å². The van der Waals surface area contributed by atoms with Crippen molar-refractivity contribution >= 4 is 10.8 Å². The van der Waals surface area contributed by atoms with Crippen LogP contribution in [0, 0.1) is 6.92 Å². The van der Waals surface area contributed by atoms with E-state index >= 15 is 0 Å². The molecule has 1 aliphatic heterocycles. The molecule has 1 N–H and O–H groups in total. The largest absolute Gasteiger partial charge is 0.315 e. The summed E-state index contributed by atoms with van der Waals surface area (Å²) in [6.45, 7) is 3.81. The second-order valence-electron chi connectivity index (χ2n) is 3.59. The number of nitrogens with zero attached hydrogens (tertiary/aromatic N) is 1. The van der Waals surface area contributed by atoms with Crippen molar-refractivity contribution in [1.82, 2.24) is 10.3 Å². The number of hydrogen-bond acceptors (Lipinski definition) is 3. The molecule has 0 aromatic carbocycles. The second-order valence-corrected chi connectivity index (χ2v) is 5.27. The van der Waals surface area contributed by atoms with Crippen molar-refractivity contribution in [3.05, 3.63) is 23.9 Å². The molecule has 76 valence electrons. The molecule has 0 radical (unpaired) electrons. The maximum atomic E-state index is 12.0.